The van der Waals surface area contributed by atoms with Crippen LogP contribution in [0.3, 0.4) is 0 Å². The maximum Gasteiger partial charge on any atom is 0.257 e. The van der Waals surface area contributed by atoms with Crippen LogP contribution in [0, 0.1) is 5.92 Å². The van der Waals surface area contributed by atoms with Gasteiger partial charge in [-0.3, -0.25) is 9.78 Å². The molecule has 2 aromatic heterocycles. The van der Waals surface area contributed by atoms with Crippen LogP contribution in [0.4, 0.5) is 0 Å². The van der Waals surface area contributed by atoms with Crippen molar-refractivity contribution >= 4 is 11.4 Å². The van der Waals surface area contributed by atoms with Gasteiger partial charge >= 0.3 is 0 Å². The van der Waals surface area contributed by atoms with Gasteiger partial charge in [0.15, 0.2) is 0 Å². The van der Waals surface area contributed by atoms with Crippen LogP contribution in [0.15, 0.2) is 24.8 Å². The molecule has 0 spiro atoms. The van der Waals surface area contributed by atoms with Gasteiger partial charge in [-0.15, -0.1) is 0 Å². The Morgan fingerprint density at radius 1 is 1.47 bits per heavy atom. The third-order valence-corrected chi connectivity index (χ3v) is 3.69. The summed E-state index contributed by atoms with van der Waals surface area (Å²) in [6.07, 6.45) is 8.81. The lowest BCUT2D eigenvalue weighted by atomic mass is 9.98. The Morgan fingerprint density at radius 3 is 3.21 bits per heavy atom. The minimum Gasteiger partial charge on any atom is -0.338 e. The molecule has 1 saturated heterocycles. The summed E-state index contributed by atoms with van der Waals surface area (Å²) in [5.41, 5.74) is 7.08. The number of piperidine rings is 1. The predicted molar refractivity (Wildman–Crippen MR) is 70.7 cm³/mol. The van der Waals surface area contributed by atoms with E-state index in [0.29, 0.717) is 18.0 Å². The van der Waals surface area contributed by atoms with Crippen molar-refractivity contribution in [3.05, 3.63) is 30.4 Å². The van der Waals surface area contributed by atoms with Crippen molar-refractivity contribution in [3.63, 3.8) is 0 Å². The number of amides is 1. The van der Waals surface area contributed by atoms with Gasteiger partial charge in [0.05, 0.1) is 23.5 Å². The minimum absolute atomic E-state index is 0.0288. The summed E-state index contributed by atoms with van der Waals surface area (Å²) in [4.78, 5) is 18.5. The van der Waals surface area contributed by atoms with Gasteiger partial charge in [0, 0.05) is 25.5 Å². The first-order valence-corrected chi connectivity index (χ1v) is 6.56. The van der Waals surface area contributed by atoms with E-state index in [1.165, 1.54) is 0 Å². The molecule has 3 rings (SSSR count). The number of hydrogen-bond acceptors (Lipinski definition) is 4. The average molecular weight is 259 g/mol. The number of aromatic nitrogens is 3. The summed E-state index contributed by atoms with van der Waals surface area (Å²) in [5, 5.41) is 4.18. The van der Waals surface area contributed by atoms with Crippen LogP contribution in [0.2, 0.25) is 0 Å². The summed E-state index contributed by atoms with van der Waals surface area (Å²) in [7, 11) is 0. The molecule has 19 heavy (non-hydrogen) atoms. The largest absolute Gasteiger partial charge is 0.338 e. The molecule has 0 aliphatic carbocycles. The van der Waals surface area contributed by atoms with Crippen molar-refractivity contribution in [3.8, 4) is 0 Å². The van der Waals surface area contributed by atoms with Crippen LogP contribution in [-0.2, 0) is 0 Å². The highest BCUT2D eigenvalue weighted by Crippen LogP contribution is 2.19. The number of fused-ring (bicyclic) bond motifs is 1. The fourth-order valence-electron chi connectivity index (χ4n) is 2.61. The molecule has 1 aliphatic rings. The summed E-state index contributed by atoms with van der Waals surface area (Å²) < 4.78 is 1.67. The third kappa shape index (κ3) is 2.19. The lowest BCUT2D eigenvalue weighted by Crippen LogP contribution is -2.42. The monoisotopic (exact) mass is 259 g/mol. The van der Waals surface area contributed by atoms with Crippen molar-refractivity contribution in [2.45, 2.75) is 12.8 Å². The second kappa shape index (κ2) is 4.97. The van der Waals surface area contributed by atoms with Crippen molar-refractivity contribution < 1.29 is 4.79 Å². The molecule has 1 aliphatic heterocycles. The fraction of sp³-hybridized carbons (Fsp3) is 0.462. The van der Waals surface area contributed by atoms with Gasteiger partial charge in [-0.05, 0) is 25.3 Å². The number of nitrogens with zero attached hydrogens (tertiary/aromatic N) is 4. The summed E-state index contributed by atoms with van der Waals surface area (Å²) in [6.45, 7) is 2.18. The lowest BCUT2D eigenvalue weighted by molar-refractivity contribution is 0.0680. The first-order chi connectivity index (χ1) is 9.29. The Balaban J connectivity index is 1.87. The van der Waals surface area contributed by atoms with E-state index < -0.39 is 0 Å². The first kappa shape index (κ1) is 12.1. The number of rotatable bonds is 2. The molecular weight excluding hydrogens is 242 g/mol. The molecule has 2 aromatic rings. The summed E-state index contributed by atoms with van der Waals surface area (Å²) in [5.74, 6) is 0.443. The lowest BCUT2D eigenvalue weighted by Gasteiger charge is -2.31. The molecule has 1 fully saturated rings. The number of nitrogens with two attached hydrogens (primary N) is 1. The fourth-order valence-corrected chi connectivity index (χ4v) is 2.61. The van der Waals surface area contributed by atoms with Gasteiger partial charge in [-0.25, -0.2) is 4.52 Å². The zero-order valence-corrected chi connectivity index (χ0v) is 10.7. The molecule has 3 heterocycles. The van der Waals surface area contributed by atoms with Crippen molar-refractivity contribution in [1.82, 2.24) is 19.5 Å². The van der Waals surface area contributed by atoms with Gasteiger partial charge in [-0.1, -0.05) is 0 Å². The van der Waals surface area contributed by atoms with Crippen LogP contribution >= 0.6 is 0 Å². The first-order valence-electron chi connectivity index (χ1n) is 6.56. The van der Waals surface area contributed by atoms with E-state index in [2.05, 4.69) is 10.1 Å². The Kier molecular flexibility index (Phi) is 3.16. The summed E-state index contributed by atoms with van der Waals surface area (Å²) >= 11 is 0. The number of hydrogen-bond donors (Lipinski definition) is 1. The maximum absolute atomic E-state index is 12.5. The highest BCUT2D eigenvalue weighted by atomic mass is 16.2. The van der Waals surface area contributed by atoms with E-state index in [0.717, 1.165) is 31.4 Å². The molecule has 6 nitrogen and oxygen atoms in total. The normalized spacial score (nSPS) is 19.8. The SMILES string of the molecule is NCC1CCCN(C(=O)c2cnn3ccncc23)C1. The predicted octanol–water partition coefficient (Wildman–Crippen LogP) is 0.540. The molecule has 0 saturated carbocycles. The molecule has 1 atom stereocenters. The molecule has 0 bridgehead atoms. The van der Waals surface area contributed by atoms with E-state index >= 15 is 0 Å². The molecule has 6 heteroatoms. The Bertz CT molecular complexity index is 593. The zero-order chi connectivity index (χ0) is 13.2. The third-order valence-electron chi connectivity index (χ3n) is 3.69. The van der Waals surface area contributed by atoms with Gasteiger partial charge in [0.1, 0.15) is 0 Å². The minimum atomic E-state index is 0.0288. The molecular formula is C13H17N5O. The molecule has 100 valence electrons. The number of carbonyl (C=O) groups is 1. The smallest absolute Gasteiger partial charge is 0.257 e. The van der Waals surface area contributed by atoms with E-state index in [9.17, 15) is 4.79 Å². The molecule has 0 radical (unpaired) electrons. The number of carbonyl (C=O) groups excluding carboxylic acids is 1. The van der Waals surface area contributed by atoms with Crippen LogP contribution < -0.4 is 5.73 Å². The second-order valence-electron chi connectivity index (χ2n) is 4.96. The highest BCUT2D eigenvalue weighted by molar-refractivity contribution is 6.00. The van der Waals surface area contributed by atoms with Gasteiger partial charge in [0.25, 0.3) is 5.91 Å². The van der Waals surface area contributed by atoms with Crippen LogP contribution in [0.5, 0.6) is 0 Å². The molecule has 2 N–H and O–H groups in total. The average Bonchev–Trinajstić information content (AvgIpc) is 2.90. The van der Waals surface area contributed by atoms with Gasteiger partial charge in [-0.2, -0.15) is 5.10 Å². The van der Waals surface area contributed by atoms with Crippen LogP contribution in [0.1, 0.15) is 23.2 Å². The number of likely N-dealkylation sites (tertiary alicyclic amines) is 1. The highest BCUT2D eigenvalue weighted by Gasteiger charge is 2.25. The van der Waals surface area contributed by atoms with Crippen molar-refractivity contribution in [1.29, 1.82) is 0 Å². The Morgan fingerprint density at radius 2 is 2.37 bits per heavy atom. The van der Waals surface area contributed by atoms with E-state index in [1.807, 2.05) is 4.90 Å². The zero-order valence-electron chi connectivity index (χ0n) is 10.7. The topological polar surface area (TPSA) is 76.5 Å². The molecule has 1 unspecified atom stereocenters. The quantitative estimate of drug-likeness (QED) is 0.854. The Hall–Kier alpha value is -1.95. The van der Waals surface area contributed by atoms with Crippen LogP contribution in [-0.4, -0.2) is 45.0 Å². The van der Waals surface area contributed by atoms with E-state index in [1.54, 1.807) is 29.3 Å². The molecule has 1 amide bonds. The van der Waals surface area contributed by atoms with Crippen molar-refractivity contribution in [2.24, 2.45) is 11.7 Å². The second-order valence-corrected chi connectivity index (χ2v) is 4.96. The van der Waals surface area contributed by atoms with Gasteiger partial charge < -0.3 is 10.6 Å². The van der Waals surface area contributed by atoms with Crippen molar-refractivity contribution in [2.75, 3.05) is 19.6 Å². The van der Waals surface area contributed by atoms with E-state index in [-0.39, 0.29) is 5.91 Å². The summed E-state index contributed by atoms with van der Waals surface area (Å²) in [6, 6.07) is 0. The standard InChI is InChI=1S/C13H17N5O/c14-6-10-2-1-4-17(9-10)13(19)11-7-16-18-5-3-15-8-12(11)18/h3,5,7-8,10H,1-2,4,6,9,14H2. The van der Waals surface area contributed by atoms with Gasteiger partial charge in [0.2, 0.25) is 0 Å². The van der Waals surface area contributed by atoms with Crippen LogP contribution in [0.25, 0.3) is 5.52 Å². The van der Waals surface area contributed by atoms with E-state index in [4.69, 9.17) is 5.73 Å². The Labute approximate surface area is 111 Å². The maximum atomic E-state index is 12.5. The molecule has 0 aromatic carbocycles.